The van der Waals surface area contributed by atoms with Crippen molar-refractivity contribution in [3.8, 4) is 49.0 Å². The Bertz CT molecular complexity index is 2090. The van der Waals surface area contributed by atoms with Gasteiger partial charge in [-0.05, 0) is 34.9 Å². The molecule has 0 aliphatic carbocycles. The van der Waals surface area contributed by atoms with E-state index in [4.69, 9.17) is 0 Å². The number of rotatable bonds is 5. The minimum atomic E-state index is 1.16. The van der Waals surface area contributed by atoms with Crippen LogP contribution in [0.25, 0.3) is 70.6 Å². The number of nitrogens with zero attached hydrogens (tertiary/aromatic N) is 1. The van der Waals surface area contributed by atoms with Crippen LogP contribution >= 0.6 is 11.3 Å². The number of hydrogen-bond donors (Lipinski definition) is 0. The third-order valence-corrected chi connectivity index (χ3v) is 9.30. The fourth-order valence-corrected chi connectivity index (χ4v) is 7.57. The highest BCUT2D eigenvalue weighted by Gasteiger charge is 2.25. The topological polar surface area (TPSA) is 4.93 Å². The van der Waals surface area contributed by atoms with Gasteiger partial charge in [0.05, 0.1) is 16.1 Å². The first-order chi connectivity index (χ1) is 20.9. The van der Waals surface area contributed by atoms with Crippen LogP contribution in [0.15, 0.2) is 164 Å². The summed E-state index contributed by atoms with van der Waals surface area (Å²) in [6.07, 6.45) is 0. The van der Waals surface area contributed by atoms with Crippen LogP contribution in [-0.2, 0) is 0 Å². The van der Waals surface area contributed by atoms with Gasteiger partial charge in [0.25, 0.3) is 0 Å². The third-order valence-electron chi connectivity index (χ3n) is 8.04. The lowest BCUT2D eigenvalue weighted by Crippen LogP contribution is -1.96. The highest BCUT2D eigenvalue weighted by molar-refractivity contribution is 7.21. The second-order valence-corrected chi connectivity index (χ2v) is 11.5. The predicted octanol–water partition coefficient (Wildman–Crippen LogP) is 11.5. The molecule has 6 aromatic carbocycles. The van der Waals surface area contributed by atoms with E-state index in [0.29, 0.717) is 0 Å². The Hall–Kier alpha value is -5.18. The van der Waals surface area contributed by atoms with Crippen molar-refractivity contribution in [3.05, 3.63) is 164 Å². The van der Waals surface area contributed by atoms with Crippen LogP contribution in [0.1, 0.15) is 0 Å². The monoisotopic (exact) mass is 553 g/mol. The molecular weight excluding hydrogens is 527 g/mol. The van der Waals surface area contributed by atoms with Gasteiger partial charge in [-0.15, -0.1) is 11.3 Å². The lowest BCUT2D eigenvalue weighted by Gasteiger charge is -2.12. The average molecular weight is 554 g/mol. The van der Waals surface area contributed by atoms with Crippen LogP contribution in [0.4, 0.5) is 0 Å². The zero-order valence-corrected chi connectivity index (χ0v) is 23.8. The van der Waals surface area contributed by atoms with Crippen LogP contribution in [0, 0.1) is 0 Å². The Morgan fingerprint density at radius 2 is 0.881 bits per heavy atom. The summed E-state index contributed by atoms with van der Waals surface area (Å²) in [6, 6.07) is 58.9. The molecule has 0 fully saturated rings. The molecule has 2 heteroatoms. The Morgan fingerprint density at radius 3 is 1.57 bits per heavy atom. The first kappa shape index (κ1) is 24.6. The number of para-hydroxylation sites is 2. The molecule has 0 unspecified atom stereocenters. The van der Waals surface area contributed by atoms with Crippen molar-refractivity contribution in [2.24, 2.45) is 0 Å². The molecular formula is C40H27NS. The van der Waals surface area contributed by atoms with Gasteiger partial charge >= 0.3 is 0 Å². The van der Waals surface area contributed by atoms with E-state index in [9.17, 15) is 0 Å². The standard InChI is InChI=1S/C40H27NS/c1-4-16-28(17-5-1)31-22-10-11-23-32(31)39-33-24-12-13-25-34(33)40(42-39)38-37(29-18-6-2-7-19-29)35-26-14-15-27-36(35)41(38)30-20-8-3-9-21-30/h1-27H. The molecule has 0 bridgehead atoms. The lowest BCUT2D eigenvalue weighted by molar-refractivity contribution is 1.14. The van der Waals surface area contributed by atoms with Crippen molar-refractivity contribution in [1.82, 2.24) is 4.57 Å². The van der Waals surface area contributed by atoms with Crippen molar-refractivity contribution in [3.63, 3.8) is 0 Å². The van der Waals surface area contributed by atoms with Gasteiger partial charge < -0.3 is 4.57 Å². The van der Waals surface area contributed by atoms with Crippen molar-refractivity contribution in [2.75, 3.05) is 0 Å². The van der Waals surface area contributed by atoms with E-state index in [0.717, 1.165) is 5.69 Å². The van der Waals surface area contributed by atoms with Gasteiger partial charge in [0.1, 0.15) is 0 Å². The van der Waals surface area contributed by atoms with Crippen molar-refractivity contribution >= 4 is 33.0 Å². The van der Waals surface area contributed by atoms with E-state index in [-0.39, 0.29) is 0 Å². The quantitative estimate of drug-likeness (QED) is 0.200. The maximum Gasteiger partial charge on any atom is 0.0725 e. The van der Waals surface area contributed by atoms with Gasteiger partial charge in [0.15, 0.2) is 0 Å². The number of fused-ring (bicyclic) bond motifs is 2. The van der Waals surface area contributed by atoms with Gasteiger partial charge in [0, 0.05) is 37.9 Å². The Kier molecular flexibility index (Phi) is 6.05. The van der Waals surface area contributed by atoms with Crippen LogP contribution < -0.4 is 0 Å². The molecule has 2 heterocycles. The van der Waals surface area contributed by atoms with Gasteiger partial charge in [-0.1, -0.05) is 146 Å². The Balaban J connectivity index is 1.50. The van der Waals surface area contributed by atoms with Gasteiger partial charge in [0.2, 0.25) is 0 Å². The summed E-state index contributed by atoms with van der Waals surface area (Å²) in [5.41, 5.74) is 9.85. The summed E-state index contributed by atoms with van der Waals surface area (Å²) in [4.78, 5) is 2.58. The number of hydrogen-bond acceptors (Lipinski definition) is 1. The summed E-state index contributed by atoms with van der Waals surface area (Å²) in [5, 5.41) is 3.81. The molecule has 0 radical (unpaired) electrons. The first-order valence-corrected chi connectivity index (χ1v) is 15.1. The summed E-state index contributed by atoms with van der Waals surface area (Å²) >= 11 is 1.90. The highest BCUT2D eigenvalue weighted by Crippen LogP contribution is 2.51. The van der Waals surface area contributed by atoms with E-state index in [2.05, 4.69) is 168 Å². The molecule has 8 aromatic rings. The molecule has 2 aromatic heterocycles. The molecule has 0 saturated heterocycles. The molecule has 0 aliphatic heterocycles. The molecule has 0 N–H and O–H groups in total. The van der Waals surface area contributed by atoms with Gasteiger partial charge in [-0.3, -0.25) is 0 Å². The van der Waals surface area contributed by atoms with Crippen LogP contribution in [0.2, 0.25) is 0 Å². The van der Waals surface area contributed by atoms with Crippen molar-refractivity contribution < 1.29 is 0 Å². The molecule has 42 heavy (non-hydrogen) atoms. The number of aromatic nitrogens is 1. The van der Waals surface area contributed by atoms with E-state index in [1.54, 1.807) is 0 Å². The zero-order chi connectivity index (χ0) is 27.9. The summed E-state index contributed by atoms with van der Waals surface area (Å²) < 4.78 is 2.46. The Labute approximate surface area is 249 Å². The normalized spacial score (nSPS) is 11.3. The fourth-order valence-electron chi connectivity index (χ4n) is 6.21. The predicted molar refractivity (Wildman–Crippen MR) is 180 cm³/mol. The number of benzene rings is 6. The van der Waals surface area contributed by atoms with Gasteiger partial charge in [-0.25, -0.2) is 0 Å². The minimum absolute atomic E-state index is 1.16. The second-order valence-electron chi connectivity index (χ2n) is 10.5. The molecule has 0 aliphatic rings. The average Bonchev–Trinajstić information content (AvgIpc) is 3.62. The van der Waals surface area contributed by atoms with Crippen molar-refractivity contribution in [1.29, 1.82) is 0 Å². The molecule has 0 amide bonds. The summed E-state index contributed by atoms with van der Waals surface area (Å²) in [5.74, 6) is 0. The fraction of sp³-hybridized carbons (Fsp3) is 0. The van der Waals surface area contributed by atoms with Crippen molar-refractivity contribution in [2.45, 2.75) is 0 Å². The SMILES string of the molecule is c1ccc(-c2ccccc2-c2sc(-c3c(-c4ccccc4)c4ccccc4n3-c3ccccc3)c3ccccc23)cc1. The molecule has 1 nitrogen and oxygen atoms in total. The molecule has 0 saturated carbocycles. The smallest absolute Gasteiger partial charge is 0.0725 e. The maximum absolute atomic E-state index is 2.46. The lowest BCUT2D eigenvalue weighted by atomic mass is 9.96. The van der Waals surface area contributed by atoms with E-state index >= 15 is 0 Å². The third kappa shape index (κ3) is 4.00. The summed E-state index contributed by atoms with van der Waals surface area (Å²) in [7, 11) is 0. The molecule has 0 spiro atoms. The summed E-state index contributed by atoms with van der Waals surface area (Å²) in [6.45, 7) is 0. The first-order valence-electron chi connectivity index (χ1n) is 14.3. The highest BCUT2D eigenvalue weighted by atomic mass is 32.1. The van der Waals surface area contributed by atoms with E-state index in [1.165, 1.54) is 64.9 Å². The molecule has 198 valence electrons. The van der Waals surface area contributed by atoms with E-state index < -0.39 is 0 Å². The number of thiophene rings is 1. The second kappa shape index (κ2) is 10.3. The maximum atomic E-state index is 2.46. The minimum Gasteiger partial charge on any atom is -0.308 e. The Morgan fingerprint density at radius 1 is 0.381 bits per heavy atom. The van der Waals surface area contributed by atoms with E-state index in [1.807, 2.05) is 11.3 Å². The molecule has 0 atom stereocenters. The van der Waals surface area contributed by atoms with Crippen LogP contribution in [0.5, 0.6) is 0 Å². The van der Waals surface area contributed by atoms with Gasteiger partial charge in [-0.2, -0.15) is 0 Å². The largest absolute Gasteiger partial charge is 0.308 e. The zero-order valence-electron chi connectivity index (χ0n) is 22.9. The molecule has 8 rings (SSSR count). The van der Waals surface area contributed by atoms with Crippen LogP contribution in [-0.4, -0.2) is 4.57 Å². The van der Waals surface area contributed by atoms with Crippen LogP contribution in [0.3, 0.4) is 0 Å².